The van der Waals surface area contributed by atoms with Crippen LogP contribution in [0.1, 0.15) is 24.0 Å². The summed E-state index contributed by atoms with van der Waals surface area (Å²) in [7, 11) is 1.48. The molecule has 0 unspecified atom stereocenters. The Morgan fingerprint density at radius 1 is 1.17 bits per heavy atom. The minimum absolute atomic E-state index is 0.251. The molecule has 1 fully saturated rings. The zero-order valence-corrected chi connectivity index (χ0v) is 10.2. The van der Waals surface area contributed by atoms with Gasteiger partial charge in [-0.1, -0.05) is 18.2 Å². The summed E-state index contributed by atoms with van der Waals surface area (Å²) in [5, 5.41) is 3.14. The predicted molar refractivity (Wildman–Crippen MR) is 62.2 cm³/mol. The molecule has 1 aromatic rings. The zero-order chi connectivity index (χ0) is 13.2. The van der Waals surface area contributed by atoms with E-state index in [2.05, 4.69) is 5.32 Å². The largest absolute Gasteiger partial charge is 0.416 e. The second-order valence-corrected chi connectivity index (χ2v) is 4.49. The number of ether oxygens (including phenoxy) is 1. The SMILES string of the molecule is COC1(c2ccccc2C(F)(F)F)CCNCC1. The molecule has 0 spiro atoms. The lowest BCUT2D eigenvalue weighted by Gasteiger charge is -2.38. The van der Waals surface area contributed by atoms with Gasteiger partial charge in [-0.25, -0.2) is 0 Å². The van der Waals surface area contributed by atoms with E-state index in [1.807, 2.05) is 0 Å². The van der Waals surface area contributed by atoms with Gasteiger partial charge in [-0.3, -0.25) is 0 Å². The number of hydrogen-bond acceptors (Lipinski definition) is 2. The van der Waals surface area contributed by atoms with Crippen LogP contribution in [0.4, 0.5) is 13.2 Å². The maximum Gasteiger partial charge on any atom is 0.416 e. The smallest absolute Gasteiger partial charge is 0.373 e. The van der Waals surface area contributed by atoms with E-state index >= 15 is 0 Å². The molecule has 0 aromatic heterocycles. The lowest BCUT2D eigenvalue weighted by Crippen LogP contribution is -2.42. The fourth-order valence-electron chi connectivity index (χ4n) is 2.54. The fourth-order valence-corrected chi connectivity index (χ4v) is 2.54. The van der Waals surface area contributed by atoms with Gasteiger partial charge in [0.25, 0.3) is 0 Å². The maximum atomic E-state index is 13.0. The lowest BCUT2D eigenvalue weighted by molar-refractivity contribution is -0.142. The first-order chi connectivity index (χ1) is 8.49. The van der Waals surface area contributed by atoms with Crippen LogP contribution < -0.4 is 5.32 Å². The molecule has 1 saturated heterocycles. The third-order valence-corrected chi connectivity index (χ3v) is 3.53. The molecule has 0 radical (unpaired) electrons. The fraction of sp³-hybridized carbons (Fsp3) is 0.538. The van der Waals surface area contributed by atoms with Crippen molar-refractivity contribution in [3.05, 3.63) is 35.4 Å². The molecule has 0 saturated carbocycles. The third-order valence-electron chi connectivity index (χ3n) is 3.53. The van der Waals surface area contributed by atoms with Crippen LogP contribution in [-0.4, -0.2) is 20.2 Å². The Morgan fingerprint density at radius 2 is 1.78 bits per heavy atom. The van der Waals surface area contributed by atoms with Crippen LogP contribution in [0.25, 0.3) is 0 Å². The van der Waals surface area contributed by atoms with Crippen LogP contribution >= 0.6 is 0 Å². The molecule has 2 rings (SSSR count). The molecular weight excluding hydrogens is 243 g/mol. The van der Waals surface area contributed by atoms with Crippen molar-refractivity contribution in [1.29, 1.82) is 0 Å². The van der Waals surface area contributed by atoms with E-state index in [4.69, 9.17) is 4.74 Å². The summed E-state index contributed by atoms with van der Waals surface area (Å²) in [5.41, 5.74) is -1.16. The van der Waals surface area contributed by atoms with Crippen LogP contribution in [0, 0.1) is 0 Å². The van der Waals surface area contributed by atoms with Crippen LogP contribution in [0.2, 0.25) is 0 Å². The van der Waals surface area contributed by atoms with Gasteiger partial charge in [0.05, 0.1) is 11.2 Å². The summed E-state index contributed by atoms with van der Waals surface area (Å²) >= 11 is 0. The van der Waals surface area contributed by atoms with Crippen LogP contribution in [-0.2, 0) is 16.5 Å². The average molecular weight is 259 g/mol. The van der Waals surface area contributed by atoms with Crippen molar-refractivity contribution in [2.45, 2.75) is 24.6 Å². The normalized spacial score (nSPS) is 19.8. The highest BCUT2D eigenvalue weighted by atomic mass is 19.4. The molecule has 1 aromatic carbocycles. The van der Waals surface area contributed by atoms with Crippen molar-refractivity contribution < 1.29 is 17.9 Å². The van der Waals surface area contributed by atoms with Gasteiger partial charge in [0.1, 0.15) is 0 Å². The number of methoxy groups -OCH3 is 1. The highest BCUT2D eigenvalue weighted by molar-refractivity contribution is 5.35. The van der Waals surface area contributed by atoms with Crippen LogP contribution in [0.3, 0.4) is 0 Å². The first-order valence-electron chi connectivity index (χ1n) is 5.92. The molecule has 0 aliphatic carbocycles. The Balaban J connectivity index is 2.48. The molecule has 0 atom stereocenters. The summed E-state index contributed by atoms with van der Waals surface area (Å²) in [4.78, 5) is 0. The summed E-state index contributed by atoms with van der Waals surface area (Å²) in [6, 6.07) is 5.69. The Kier molecular flexibility index (Phi) is 3.64. The number of benzene rings is 1. The Labute approximate surface area is 104 Å². The summed E-state index contributed by atoms with van der Waals surface area (Å²) in [6.07, 6.45) is -3.24. The van der Waals surface area contributed by atoms with E-state index in [9.17, 15) is 13.2 Å². The van der Waals surface area contributed by atoms with E-state index in [1.54, 1.807) is 6.07 Å². The van der Waals surface area contributed by atoms with Gasteiger partial charge in [0.2, 0.25) is 0 Å². The molecule has 5 heteroatoms. The number of hydrogen-bond donors (Lipinski definition) is 1. The van der Waals surface area contributed by atoms with Crippen molar-refractivity contribution in [3.63, 3.8) is 0 Å². The van der Waals surface area contributed by atoms with E-state index in [0.717, 1.165) is 6.07 Å². The summed E-state index contributed by atoms with van der Waals surface area (Å²) in [6.45, 7) is 1.33. The predicted octanol–water partition coefficient (Wildman–Crippen LogP) is 2.93. The maximum absolute atomic E-state index is 13.0. The first-order valence-corrected chi connectivity index (χ1v) is 5.92. The van der Waals surface area contributed by atoms with Crippen molar-refractivity contribution in [2.75, 3.05) is 20.2 Å². The molecule has 1 aliphatic heterocycles. The van der Waals surface area contributed by atoms with Crippen molar-refractivity contribution >= 4 is 0 Å². The highest BCUT2D eigenvalue weighted by Crippen LogP contribution is 2.41. The topological polar surface area (TPSA) is 21.3 Å². The van der Waals surface area contributed by atoms with E-state index in [1.165, 1.54) is 19.2 Å². The third kappa shape index (κ3) is 2.37. The Morgan fingerprint density at radius 3 is 2.33 bits per heavy atom. The van der Waals surface area contributed by atoms with Crippen LogP contribution in [0.5, 0.6) is 0 Å². The van der Waals surface area contributed by atoms with Crippen molar-refractivity contribution in [3.8, 4) is 0 Å². The molecule has 1 heterocycles. The number of halogens is 3. The number of alkyl halides is 3. The van der Waals surface area contributed by atoms with E-state index in [0.29, 0.717) is 25.9 Å². The van der Waals surface area contributed by atoms with Gasteiger partial charge < -0.3 is 10.1 Å². The van der Waals surface area contributed by atoms with Gasteiger partial charge in [-0.2, -0.15) is 13.2 Å². The molecule has 2 nitrogen and oxygen atoms in total. The monoisotopic (exact) mass is 259 g/mol. The van der Waals surface area contributed by atoms with Crippen LogP contribution in [0.15, 0.2) is 24.3 Å². The van der Waals surface area contributed by atoms with Gasteiger partial charge in [-0.05, 0) is 37.6 Å². The molecule has 1 N–H and O–H groups in total. The first kappa shape index (κ1) is 13.4. The van der Waals surface area contributed by atoms with Gasteiger partial charge >= 0.3 is 6.18 Å². The quantitative estimate of drug-likeness (QED) is 0.881. The molecular formula is C13H16F3NO. The minimum Gasteiger partial charge on any atom is -0.373 e. The standard InChI is InChI=1S/C13H16F3NO/c1-18-12(6-8-17-9-7-12)10-4-2-3-5-11(10)13(14,15)16/h2-5,17H,6-9H2,1H3. The summed E-state index contributed by atoms with van der Waals surface area (Å²) < 4.78 is 44.6. The van der Waals surface area contributed by atoms with Gasteiger partial charge in [-0.15, -0.1) is 0 Å². The summed E-state index contributed by atoms with van der Waals surface area (Å²) in [5.74, 6) is 0. The Bertz CT molecular complexity index is 411. The number of rotatable bonds is 2. The Hall–Kier alpha value is -1.07. The van der Waals surface area contributed by atoms with Crippen molar-refractivity contribution in [2.24, 2.45) is 0 Å². The second-order valence-electron chi connectivity index (χ2n) is 4.49. The molecule has 1 aliphatic rings. The molecule has 0 bridgehead atoms. The van der Waals surface area contributed by atoms with Gasteiger partial charge in [0.15, 0.2) is 0 Å². The lowest BCUT2D eigenvalue weighted by atomic mass is 9.82. The van der Waals surface area contributed by atoms with E-state index < -0.39 is 17.3 Å². The molecule has 100 valence electrons. The minimum atomic E-state index is -4.34. The highest BCUT2D eigenvalue weighted by Gasteiger charge is 2.42. The average Bonchev–Trinajstić information content (AvgIpc) is 2.38. The zero-order valence-electron chi connectivity index (χ0n) is 10.2. The van der Waals surface area contributed by atoms with E-state index in [-0.39, 0.29) is 5.56 Å². The van der Waals surface area contributed by atoms with Crippen molar-refractivity contribution in [1.82, 2.24) is 5.32 Å². The number of piperidine rings is 1. The molecule has 18 heavy (non-hydrogen) atoms. The number of nitrogens with one attached hydrogen (secondary N) is 1. The molecule has 0 amide bonds. The van der Waals surface area contributed by atoms with Gasteiger partial charge in [0, 0.05) is 7.11 Å². The second kappa shape index (κ2) is 4.90.